The summed E-state index contributed by atoms with van der Waals surface area (Å²) in [5.74, 6) is 1.08. The van der Waals surface area contributed by atoms with Crippen LogP contribution in [0.5, 0.6) is 5.75 Å². The van der Waals surface area contributed by atoms with E-state index in [9.17, 15) is 0 Å². The van der Waals surface area contributed by atoms with Crippen LogP contribution in [0.25, 0.3) is 11.1 Å². The highest BCUT2D eigenvalue weighted by atomic mass is 31.1. The minimum absolute atomic E-state index is 0.254. The zero-order valence-corrected chi connectivity index (χ0v) is 14.9. The summed E-state index contributed by atoms with van der Waals surface area (Å²) in [5, 5.41) is 1.68. The van der Waals surface area contributed by atoms with Crippen molar-refractivity contribution in [3.05, 3.63) is 42.5 Å². The molecule has 1 heterocycles. The zero-order valence-electron chi connectivity index (χ0n) is 14.1. The molecule has 0 N–H and O–H groups in total. The third-order valence-electron chi connectivity index (χ3n) is 4.10. The monoisotopic (exact) mass is 313 g/mol. The molecule has 0 spiro atoms. The fourth-order valence-corrected chi connectivity index (χ4v) is 5.30. The average Bonchev–Trinajstić information content (AvgIpc) is 2.91. The van der Waals surface area contributed by atoms with Gasteiger partial charge in [-0.25, -0.2) is 0 Å². The maximum absolute atomic E-state index is 6.02. The molecule has 0 aliphatic carbocycles. The molecule has 0 unspecified atom stereocenters. The van der Waals surface area contributed by atoms with Gasteiger partial charge in [0.05, 0.1) is 0 Å². The van der Waals surface area contributed by atoms with E-state index in [4.69, 9.17) is 4.74 Å². The number of anilines is 1. The lowest BCUT2D eigenvalue weighted by molar-refractivity contribution is 0.400. The lowest BCUT2D eigenvalue weighted by atomic mass is 10.0. The first-order valence-electron chi connectivity index (χ1n) is 7.70. The molecule has 116 valence electrons. The second kappa shape index (κ2) is 5.59. The number of ether oxygens (including phenoxy) is 1. The van der Waals surface area contributed by atoms with Gasteiger partial charge in [0.2, 0.25) is 0 Å². The van der Waals surface area contributed by atoms with E-state index in [1.165, 1.54) is 22.1 Å². The lowest BCUT2D eigenvalue weighted by Gasteiger charge is -2.28. The van der Waals surface area contributed by atoms with Crippen molar-refractivity contribution in [1.29, 1.82) is 0 Å². The van der Waals surface area contributed by atoms with Crippen LogP contribution < -0.4 is 14.9 Å². The van der Waals surface area contributed by atoms with E-state index in [2.05, 4.69) is 82.2 Å². The van der Waals surface area contributed by atoms with Crippen LogP contribution in [-0.2, 0) is 0 Å². The van der Waals surface area contributed by atoms with Crippen LogP contribution in [0, 0.1) is 0 Å². The first-order valence-corrected chi connectivity index (χ1v) is 9.22. The topological polar surface area (TPSA) is 12.5 Å². The molecule has 2 aromatic carbocycles. The Morgan fingerprint density at radius 2 is 1.64 bits per heavy atom. The average molecular weight is 313 g/mol. The Balaban J connectivity index is 2.21. The van der Waals surface area contributed by atoms with Gasteiger partial charge >= 0.3 is 0 Å². The Labute approximate surface area is 134 Å². The number of hydrogen-bond acceptors (Lipinski definition) is 2. The van der Waals surface area contributed by atoms with Crippen LogP contribution >= 0.6 is 7.92 Å². The molecule has 0 radical (unpaired) electrons. The molecule has 3 rings (SSSR count). The van der Waals surface area contributed by atoms with Crippen LogP contribution in [0.4, 0.5) is 5.69 Å². The third kappa shape index (κ3) is 2.61. The summed E-state index contributed by atoms with van der Waals surface area (Å²) in [4.78, 5) is 2.18. The van der Waals surface area contributed by atoms with Crippen molar-refractivity contribution in [2.24, 2.45) is 0 Å². The van der Waals surface area contributed by atoms with Crippen LogP contribution in [0.1, 0.15) is 20.8 Å². The van der Waals surface area contributed by atoms with Crippen LogP contribution in [0.3, 0.4) is 0 Å². The first kappa shape index (κ1) is 15.4. The van der Waals surface area contributed by atoms with Gasteiger partial charge in [-0.1, -0.05) is 51.1 Å². The van der Waals surface area contributed by atoms with Gasteiger partial charge in [0.1, 0.15) is 12.1 Å². The predicted molar refractivity (Wildman–Crippen MR) is 98.0 cm³/mol. The fraction of sp³-hybridized carbons (Fsp3) is 0.368. The maximum Gasteiger partial charge on any atom is 0.128 e. The van der Waals surface area contributed by atoms with Crippen molar-refractivity contribution in [1.82, 2.24) is 0 Å². The molecule has 3 heteroatoms. The highest BCUT2D eigenvalue weighted by molar-refractivity contribution is 7.67. The van der Waals surface area contributed by atoms with Gasteiger partial charge in [-0.15, -0.1) is 0 Å². The van der Waals surface area contributed by atoms with Gasteiger partial charge in [0.15, 0.2) is 0 Å². The Hall–Kier alpha value is -1.53. The molecule has 0 amide bonds. The zero-order chi connectivity index (χ0) is 15.9. The number of nitrogens with zero attached hydrogens (tertiary/aromatic N) is 1. The Morgan fingerprint density at radius 3 is 2.32 bits per heavy atom. The normalized spacial score (nSPS) is 17.0. The molecule has 1 aliphatic heterocycles. The van der Waals surface area contributed by atoms with Crippen LogP contribution in [0.15, 0.2) is 42.5 Å². The molecule has 0 bridgehead atoms. The Bertz CT molecular complexity index is 688. The number of hydrogen-bond donors (Lipinski definition) is 0. The smallest absolute Gasteiger partial charge is 0.128 e. The van der Waals surface area contributed by atoms with Crippen molar-refractivity contribution in [3.8, 4) is 16.9 Å². The molecule has 1 aliphatic rings. The molecular formula is C19H24NOP. The van der Waals surface area contributed by atoms with Gasteiger partial charge < -0.3 is 9.64 Å². The number of fused-ring (bicyclic) bond motifs is 1. The quantitative estimate of drug-likeness (QED) is 0.747. The summed E-state index contributed by atoms with van der Waals surface area (Å²) in [6.07, 6.45) is 0.843. The molecule has 22 heavy (non-hydrogen) atoms. The number of benzene rings is 2. The molecule has 1 atom stereocenters. The second-order valence-electron chi connectivity index (χ2n) is 6.94. The van der Waals surface area contributed by atoms with E-state index in [1.54, 1.807) is 0 Å². The molecule has 2 aromatic rings. The first-order chi connectivity index (χ1) is 10.4. The minimum atomic E-state index is -0.319. The third-order valence-corrected chi connectivity index (χ3v) is 7.11. The molecule has 0 saturated heterocycles. The number of para-hydroxylation sites is 1. The van der Waals surface area contributed by atoms with Gasteiger partial charge in [-0.2, -0.15) is 0 Å². The van der Waals surface area contributed by atoms with Crippen molar-refractivity contribution >= 4 is 18.9 Å². The van der Waals surface area contributed by atoms with Crippen molar-refractivity contribution in [2.75, 3.05) is 25.3 Å². The lowest BCUT2D eigenvalue weighted by Crippen LogP contribution is -2.19. The van der Waals surface area contributed by atoms with Crippen LogP contribution in [0.2, 0.25) is 0 Å². The van der Waals surface area contributed by atoms with Gasteiger partial charge in [-0.3, -0.25) is 0 Å². The molecule has 0 saturated carbocycles. The van der Waals surface area contributed by atoms with Crippen molar-refractivity contribution in [2.45, 2.75) is 25.9 Å². The highest BCUT2D eigenvalue weighted by Gasteiger charge is 2.35. The Kier molecular flexibility index (Phi) is 3.91. The summed E-state index contributed by atoms with van der Waals surface area (Å²) in [5.41, 5.74) is 3.89. The summed E-state index contributed by atoms with van der Waals surface area (Å²) in [6.45, 7) is 6.98. The molecule has 0 aromatic heterocycles. The highest BCUT2D eigenvalue weighted by Crippen LogP contribution is 2.56. The van der Waals surface area contributed by atoms with Gasteiger partial charge in [0, 0.05) is 30.7 Å². The SMILES string of the molecule is CN(C)c1ccccc1-c1cccc2c1[P@@](C(C)(C)C)CO2. The maximum atomic E-state index is 6.02. The predicted octanol–water partition coefficient (Wildman–Crippen LogP) is 4.68. The second-order valence-corrected chi connectivity index (χ2v) is 9.84. The van der Waals surface area contributed by atoms with Crippen molar-refractivity contribution < 1.29 is 4.74 Å². The Morgan fingerprint density at radius 1 is 0.955 bits per heavy atom. The van der Waals surface area contributed by atoms with Gasteiger partial charge in [-0.05, 0) is 30.8 Å². The van der Waals surface area contributed by atoms with E-state index >= 15 is 0 Å². The summed E-state index contributed by atoms with van der Waals surface area (Å²) in [6, 6.07) is 15.1. The fourth-order valence-electron chi connectivity index (χ4n) is 2.95. The molecule has 2 nitrogen and oxygen atoms in total. The van der Waals surface area contributed by atoms with E-state index in [0.717, 1.165) is 12.1 Å². The largest absolute Gasteiger partial charge is 0.488 e. The standard InChI is InChI=1S/C19H24NOP/c1-19(2,3)22-13-21-17-12-8-10-15(18(17)22)14-9-6-7-11-16(14)20(4)5/h6-12H,13H2,1-5H3/t22-/m0/s1. The van der Waals surface area contributed by atoms with Crippen molar-refractivity contribution in [3.63, 3.8) is 0 Å². The molecule has 0 fully saturated rings. The van der Waals surface area contributed by atoms with E-state index in [0.29, 0.717) is 0 Å². The molecular weight excluding hydrogens is 289 g/mol. The van der Waals surface area contributed by atoms with Crippen LogP contribution in [-0.4, -0.2) is 25.6 Å². The van der Waals surface area contributed by atoms with Gasteiger partial charge in [0.25, 0.3) is 0 Å². The van der Waals surface area contributed by atoms with E-state index in [-0.39, 0.29) is 13.1 Å². The van der Waals surface area contributed by atoms with E-state index < -0.39 is 0 Å². The summed E-state index contributed by atoms with van der Waals surface area (Å²) in [7, 11) is 3.89. The van der Waals surface area contributed by atoms with E-state index in [1.807, 2.05) is 0 Å². The summed E-state index contributed by atoms with van der Waals surface area (Å²) >= 11 is 0. The number of rotatable bonds is 2. The summed E-state index contributed by atoms with van der Waals surface area (Å²) < 4.78 is 6.02. The minimum Gasteiger partial charge on any atom is -0.488 e.